The van der Waals surface area contributed by atoms with Crippen LogP contribution in [0.25, 0.3) is 0 Å². The van der Waals surface area contributed by atoms with Gasteiger partial charge in [-0.15, -0.1) is 0 Å². The van der Waals surface area contributed by atoms with Crippen LogP contribution in [-0.2, 0) is 9.47 Å². The van der Waals surface area contributed by atoms with Gasteiger partial charge in [-0.2, -0.15) is 0 Å². The van der Waals surface area contributed by atoms with Crippen molar-refractivity contribution < 1.29 is 19.1 Å². The van der Waals surface area contributed by atoms with Crippen molar-refractivity contribution in [2.45, 2.75) is 58.0 Å². The standard InChI is InChI=1S/C12H20N2O4/c1-2-3-9-17-11(15)13-14-12(16)18-10-7-5-4-6-8-10/h10H,2-9H2,1H3/b14-13+. The molecular formula is C12H20N2O4. The smallest absolute Gasteiger partial charge is 0.447 e. The Bertz CT molecular complexity index is 298. The lowest BCUT2D eigenvalue weighted by molar-refractivity contribution is 0.0812. The van der Waals surface area contributed by atoms with E-state index in [1.54, 1.807) is 0 Å². The molecule has 102 valence electrons. The van der Waals surface area contributed by atoms with Crippen LogP contribution in [0.3, 0.4) is 0 Å². The number of rotatable bonds is 4. The molecule has 0 aromatic rings. The number of nitrogens with zero attached hydrogens (tertiary/aromatic N) is 2. The van der Waals surface area contributed by atoms with Crippen molar-refractivity contribution in [2.75, 3.05) is 6.61 Å². The van der Waals surface area contributed by atoms with E-state index in [4.69, 9.17) is 9.47 Å². The molecule has 0 N–H and O–H groups in total. The highest BCUT2D eigenvalue weighted by Crippen LogP contribution is 2.20. The van der Waals surface area contributed by atoms with Crippen LogP contribution in [0.1, 0.15) is 51.9 Å². The highest BCUT2D eigenvalue weighted by molar-refractivity contribution is 5.73. The van der Waals surface area contributed by atoms with E-state index >= 15 is 0 Å². The van der Waals surface area contributed by atoms with E-state index in [2.05, 4.69) is 10.2 Å². The fourth-order valence-electron chi connectivity index (χ4n) is 1.76. The lowest BCUT2D eigenvalue weighted by Gasteiger charge is -2.20. The van der Waals surface area contributed by atoms with Crippen molar-refractivity contribution in [2.24, 2.45) is 10.2 Å². The zero-order valence-corrected chi connectivity index (χ0v) is 10.8. The molecule has 2 amide bonds. The molecule has 0 atom stereocenters. The number of unbranched alkanes of at least 4 members (excludes halogenated alkanes) is 1. The molecule has 0 bridgehead atoms. The van der Waals surface area contributed by atoms with E-state index in [-0.39, 0.29) is 6.10 Å². The summed E-state index contributed by atoms with van der Waals surface area (Å²) < 4.78 is 9.78. The third-order valence-corrected chi connectivity index (χ3v) is 2.76. The van der Waals surface area contributed by atoms with Crippen molar-refractivity contribution >= 4 is 12.2 Å². The molecule has 0 aromatic carbocycles. The Labute approximate surface area is 107 Å². The van der Waals surface area contributed by atoms with Gasteiger partial charge < -0.3 is 9.47 Å². The monoisotopic (exact) mass is 256 g/mol. The van der Waals surface area contributed by atoms with Crippen LogP contribution in [0, 0.1) is 0 Å². The highest BCUT2D eigenvalue weighted by atomic mass is 16.6. The molecule has 0 unspecified atom stereocenters. The summed E-state index contributed by atoms with van der Waals surface area (Å²) in [5.74, 6) is 0. The predicted molar refractivity (Wildman–Crippen MR) is 64.5 cm³/mol. The Morgan fingerprint density at radius 3 is 2.44 bits per heavy atom. The maximum absolute atomic E-state index is 11.3. The molecule has 1 fully saturated rings. The molecule has 1 rings (SSSR count). The van der Waals surface area contributed by atoms with Crippen LogP contribution < -0.4 is 0 Å². The minimum atomic E-state index is -0.843. The van der Waals surface area contributed by atoms with Crippen LogP contribution in [0.5, 0.6) is 0 Å². The quantitative estimate of drug-likeness (QED) is 0.565. The van der Waals surface area contributed by atoms with Gasteiger partial charge >= 0.3 is 12.2 Å². The van der Waals surface area contributed by atoms with Gasteiger partial charge in [0.15, 0.2) is 0 Å². The average molecular weight is 256 g/mol. The SMILES string of the molecule is CCCCOC(=O)/N=N/C(=O)OC1CCCCC1. The number of carbonyl (C=O) groups is 2. The van der Waals surface area contributed by atoms with Crippen LogP contribution in [-0.4, -0.2) is 24.9 Å². The molecule has 1 aliphatic carbocycles. The minimum Gasteiger partial charge on any atom is -0.447 e. The second kappa shape index (κ2) is 8.60. The maximum Gasteiger partial charge on any atom is 0.452 e. The summed E-state index contributed by atoms with van der Waals surface area (Å²) in [5, 5.41) is 6.34. The van der Waals surface area contributed by atoms with Gasteiger partial charge in [-0.1, -0.05) is 30.0 Å². The van der Waals surface area contributed by atoms with Gasteiger partial charge in [-0.3, -0.25) is 0 Å². The minimum absolute atomic E-state index is 0.0821. The molecule has 6 heteroatoms. The number of hydrogen-bond donors (Lipinski definition) is 0. The normalized spacial score (nSPS) is 16.7. The number of ether oxygens (including phenoxy) is 2. The van der Waals surface area contributed by atoms with E-state index in [1.165, 1.54) is 6.42 Å². The molecule has 0 radical (unpaired) electrons. The molecule has 6 nitrogen and oxygen atoms in total. The number of amides is 2. The summed E-state index contributed by atoms with van der Waals surface area (Å²) in [6.45, 7) is 2.28. The number of hydrogen-bond acceptors (Lipinski definition) is 4. The van der Waals surface area contributed by atoms with Gasteiger partial charge in [0, 0.05) is 0 Å². The molecular weight excluding hydrogens is 236 g/mol. The Balaban J connectivity index is 2.19. The first-order chi connectivity index (χ1) is 8.72. The van der Waals surface area contributed by atoms with E-state index < -0.39 is 12.2 Å². The van der Waals surface area contributed by atoms with Gasteiger partial charge in [0.05, 0.1) is 6.61 Å². The molecule has 0 saturated heterocycles. The highest BCUT2D eigenvalue weighted by Gasteiger charge is 2.17. The Morgan fingerprint density at radius 2 is 1.78 bits per heavy atom. The molecule has 0 heterocycles. The number of azo groups is 1. The fourth-order valence-corrected chi connectivity index (χ4v) is 1.76. The first-order valence-electron chi connectivity index (χ1n) is 6.51. The van der Waals surface area contributed by atoms with Crippen LogP contribution in [0.4, 0.5) is 9.59 Å². The first kappa shape index (κ1) is 14.6. The Hall–Kier alpha value is -1.46. The summed E-state index contributed by atoms with van der Waals surface area (Å²) in [5.41, 5.74) is 0. The van der Waals surface area contributed by atoms with Gasteiger partial charge in [0.1, 0.15) is 6.10 Å². The lowest BCUT2D eigenvalue weighted by Crippen LogP contribution is -2.18. The summed E-state index contributed by atoms with van der Waals surface area (Å²) in [4.78, 5) is 22.3. The van der Waals surface area contributed by atoms with E-state index in [1.807, 2.05) is 6.92 Å². The maximum atomic E-state index is 11.3. The van der Waals surface area contributed by atoms with Crippen molar-refractivity contribution in [3.63, 3.8) is 0 Å². The average Bonchev–Trinajstić information content (AvgIpc) is 2.38. The zero-order chi connectivity index (χ0) is 13.2. The van der Waals surface area contributed by atoms with Gasteiger partial charge in [0.25, 0.3) is 0 Å². The summed E-state index contributed by atoms with van der Waals surface area (Å²) in [7, 11) is 0. The summed E-state index contributed by atoms with van der Waals surface area (Å²) in [6, 6.07) is 0. The molecule has 1 saturated carbocycles. The topological polar surface area (TPSA) is 77.3 Å². The van der Waals surface area contributed by atoms with Crippen LogP contribution >= 0.6 is 0 Å². The molecule has 18 heavy (non-hydrogen) atoms. The van der Waals surface area contributed by atoms with E-state index in [0.717, 1.165) is 38.5 Å². The second-order valence-corrected chi connectivity index (χ2v) is 4.31. The van der Waals surface area contributed by atoms with Crippen LogP contribution in [0.2, 0.25) is 0 Å². The van der Waals surface area contributed by atoms with Crippen molar-refractivity contribution in [1.82, 2.24) is 0 Å². The Morgan fingerprint density at radius 1 is 1.11 bits per heavy atom. The van der Waals surface area contributed by atoms with Crippen molar-refractivity contribution in [3.05, 3.63) is 0 Å². The molecule has 0 aliphatic heterocycles. The largest absolute Gasteiger partial charge is 0.452 e. The third-order valence-electron chi connectivity index (χ3n) is 2.76. The molecule has 1 aliphatic rings. The van der Waals surface area contributed by atoms with Crippen molar-refractivity contribution in [3.8, 4) is 0 Å². The summed E-state index contributed by atoms with van der Waals surface area (Å²) >= 11 is 0. The van der Waals surface area contributed by atoms with Crippen LogP contribution in [0.15, 0.2) is 10.2 Å². The van der Waals surface area contributed by atoms with Gasteiger partial charge in [-0.25, -0.2) is 9.59 Å². The van der Waals surface area contributed by atoms with Gasteiger partial charge in [-0.05, 0) is 32.1 Å². The first-order valence-corrected chi connectivity index (χ1v) is 6.51. The molecule has 0 spiro atoms. The summed E-state index contributed by atoms with van der Waals surface area (Å²) in [6.07, 6.45) is 4.99. The Kier molecular flexibility index (Phi) is 6.98. The number of carbonyl (C=O) groups excluding carboxylic acids is 2. The zero-order valence-electron chi connectivity index (χ0n) is 10.8. The lowest BCUT2D eigenvalue weighted by atomic mass is 9.98. The van der Waals surface area contributed by atoms with E-state index in [0.29, 0.717) is 6.61 Å². The predicted octanol–water partition coefficient (Wildman–Crippen LogP) is 3.84. The third kappa shape index (κ3) is 6.32. The van der Waals surface area contributed by atoms with Crippen molar-refractivity contribution in [1.29, 1.82) is 0 Å². The van der Waals surface area contributed by atoms with Gasteiger partial charge in [0.2, 0.25) is 0 Å². The molecule has 0 aromatic heterocycles. The fraction of sp³-hybridized carbons (Fsp3) is 0.833. The van der Waals surface area contributed by atoms with E-state index in [9.17, 15) is 9.59 Å². The second-order valence-electron chi connectivity index (χ2n) is 4.31.